The van der Waals surface area contributed by atoms with Crippen LogP contribution in [0.5, 0.6) is 0 Å². The molecule has 3 atom stereocenters. The summed E-state index contributed by atoms with van der Waals surface area (Å²) in [5.41, 5.74) is 0. The van der Waals surface area contributed by atoms with E-state index in [4.69, 9.17) is 0 Å². The van der Waals surface area contributed by atoms with E-state index >= 15 is 0 Å². The Morgan fingerprint density at radius 1 is 0.491 bits per heavy atom. The van der Waals surface area contributed by atoms with Crippen molar-refractivity contribution in [2.75, 3.05) is 6.61 Å². The second-order valence-corrected chi connectivity index (χ2v) is 15.6. The Bertz CT molecular complexity index is 866. The summed E-state index contributed by atoms with van der Waals surface area (Å²) >= 11 is 0. The van der Waals surface area contributed by atoms with Crippen molar-refractivity contribution in [1.82, 2.24) is 5.32 Å². The molecule has 0 aliphatic rings. The number of aliphatic hydroxyl groups excluding tert-OH is 3. The number of rotatable bonds is 41. The van der Waals surface area contributed by atoms with E-state index in [0.29, 0.717) is 12.8 Å². The van der Waals surface area contributed by atoms with Crippen LogP contribution < -0.4 is 5.32 Å². The van der Waals surface area contributed by atoms with E-state index in [-0.39, 0.29) is 12.5 Å². The van der Waals surface area contributed by atoms with E-state index in [2.05, 4.69) is 67.8 Å². The van der Waals surface area contributed by atoms with Crippen molar-refractivity contribution in [3.05, 3.63) is 48.6 Å². The lowest BCUT2D eigenvalue weighted by Gasteiger charge is -2.26. The molecule has 0 bridgehead atoms. The third kappa shape index (κ3) is 38.4. The van der Waals surface area contributed by atoms with Crippen LogP contribution in [0.15, 0.2) is 48.6 Å². The lowest BCUT2D eigenvalue weighted by molar-refractivity contribution is -0.124. The van der Waals surface area contributed by atoms with Crippen molar-refractivity contribution >= 4 is 5.91 Å². The Hall–Kier alpha value is -1.69. The van der Waals surface area contributed by atoms with Gasteiger partial charge in [-0.3, -0.25) is 4.79 Å². The van der Waals surface area contributed by atoms with Gasteiger partial charge in [0.05, 0.1) is 18.8 Å². The fourth-order valence-electron chi connectivity index (χ4n) is 6.86. The molecule has 0 fully saturated rings. The average molecular weight is 744 g/mol. The second-order valence-electron chi connectivity index (χ2n) is 15.6. The summed E-state index contributed by atoms with van der Waals surface area (Å²) in [6, 6.07) is -0.833. The van der Waals surface area contributed by atoms with Crippen molar-refractivity contribution in [2.24, 2.45) is 0 Å². The largest absolute Gasteiger partial charge is 0.394 e. The number of amides is 1. The first-order chi connectivity index (χ1) is 26.1. The van der Waals surface area contributed by atoms with Crippen molar-refractivity contribution in [1.29, 1.82) is 0 Å². The smallest absolute Gasteiger partial charge is 0.220 e. The highest BCUT2D eigenvalue weighted by atomic mass is 16.3. The molecule has 0 aromatic heterocycles. The SMILES string of the molecule is CC/C=C\C/C=C\CCCCCCCCCCCCCCCCC(=O)NC(CO)C(O)C(O)CCC/C=C/CC/C=C/CCCCCCCCCCC. The van der Waals surface area contributed by atoms with Gasteiger partial charge in [-0.25, -0.2) is 0 Å². The average Bonchev–Trinajstić information content (AvgIpc) is 3.16. The predicted molar refractivity (Wildman–Crippen MR) is 231 cm³/mol. The first-order valence-corrected chi connectivity index (χ1v) is 22.9. The molecule has 0 aliphatic heterocycles. The predicted octanol–water partition coefficient (Wildman–Crippen LogP) is 13.3. The van der Waals surface area contributed by atoms with Crippen LogP contribution >= 0.6 is 0 Å². The number of nitrogens with one attached hydrogen (secondary N) is 1. The standard InChI is InChI=1S/C48H89NO4/c1-3-5-7-9-11-13-15-17-19-21-23-24-25-27-29-31-33-35-37-39-41-43-47(52)49-45(44-50)48(53)46(51)42-40-38-36-34-32-30-28-26-22-20-18-16-14-12-10-8-6-4-2/h5,7,11,13,26,28,34,36,45-46,48,50-51,53H,3-4,6,8-10,12,14-25,27,29-33,35,37-44H2,1-2H3,(H,49,52)/b7-5-,13-11-,28-26+,36-34+. The first-order valence-electron chi connectivity index (χ1n) is 22.9. The third-order valence-electron chi connectivity index (χ3n) is 10.4. The van der Waals surface area contributed by atoms with Crippen molar-refractivity contribution < 1.29 is 20.1 Å². The highest BCUT2D eigenvalue weighted by molar-refractivity contribution is 5.76. The zero-order valence-corrected chi connectivity index (χ0v) is 35.1. The molecule has 53 heavy (non-hydrogen) atoms. The molecule has 310 valence electrons. The van der Waals surface area contributed by atoms with Crippen LogP contribution in [0.1, 0.15) is 226 Å². The van der Waals surface area contributed by atoms with Crippen LogP contribution in [0, 0.1) is 0 Å². The minimum atomic E-state index is -1.17. The molecule has 0 saturated carbocycles. The third-order valence-corrected chi connectivity index (χ3v) is 10.4. The van der Waals surface area contributed by atoms with Crippen LogP contribution in [-0.2, 0) is 4.79 Å². The molecule has 5 nitrogen and oxygen atoms in total. The fourth-order valence-corrected chi connectivity index (χ4v) is 6.86. The number of unbranched alkanes of at least 4 members (excludes halogenated alkanes) is 25. The molecular weight excluding hydrogens is 655 g/mol. The molecule has 0 rings (SSSR count). The molecule has 5 heteroatoms. The Balaban J connectivity index is 3.67. The maximum absolute atomic E-state index is 12.4. The minimum absolute atomic E-state index is 0.159. The van der Waals surface area contributed by atoms with E-state index in [1.54, 1.807) is 0 Å². The molecular formula is C48H89NO4. The lowest BCUT2D eigenvalue weighted by Crippen LogP contribution is -2.50. The topological polar surface area (TPSA) is 89.8 Å². The van der Waals surface area contributed by atoms with Crippen LogP contribution in [0.2, 0.25) is 0 Å². The summed E-state index contributed by atoms with van der Waals surface area (Å²) in [5.74, 6) is -0.159. The molecule has 0 aromatic rings. The maximum Gasteiger partial charge on any atom is 0.220 e. The summed E-state index contributed by atoms with van der Waals surface area (Å²) in [6.07, 6.45) is 55.1. The van der Waals surface area contributed by atoms with E-state index in [1.807, 2.05) is 0 Å². The Labute approximate surface area is 329 Å². The normalized spacial score (nSPS) is 14.0. The number of carbonyl (C=O) groups excluding carboxylic acids is 1. The summed E-state index contributed by atoms with van der Waals surface area (Å²) in [6.45, 7) is 4.06. The maximum atomic E-state index is 12.4. The Morgan fingerprint density at radius 2 is 0.887 bits per heavy atom. The molecule has 0 aliphatic carbocycles. The number of hydrogen-bond acceptors (Lipinski definition) is 4. The summed E-state index contributed by atoms with van der Waals surface area (Å²) < 4.78 is 0. The monoisotopic (exact) mass is 744 g/mol. The molecule has 1 amide bonds. The van der Waals surface area contributed by atoms with Crippen molar-refractivity contribution in [3.8, 4) is 0 Å². The quantitative estimate of drug-likeness (QED) is 0.0371. The van der Waals surface area contributed by atoms with Crippen LogP contribution in [0.4, 0.5) is 0 Å². The van der Waals surface area contributed by atoms with Gasteiger partial charge >= 0.3 is 0 Å². The highest BCUT2D eigenvalue weighted by Gasteiger charge is 2.26. The van der Waals surface area contributed by atoms with Gasteiger partial charge in [0.15, 0.2) is 0 Å². The Morgan fingerprint density at radius 3 is 1.36 bits per heavy atom. The number of aliphatic hydroxyl groups is 3. The van der Waals surface area contributed by atoms with E-state index in [1.165, 1.54) is 141 Å². The molecule has 0 heterocycles. The summed E-state index contributed by atoms with van der Waals surface area (Å²) in [5, 5.41) is 33.5. The van der Waals surface area contributed by atoms with Gasteiger partial charge in [-0.1, -0.05) is 191 Å². The number of allylic oxidation sites excluding steroid dienone is 8. The van der Waals surface area contributed by atoms with Gasteiger partial charge in [-0.15, -0.1) is 0 Å². The molecule has 0 saturated heterocycles. The first kappa shape index (κ1) is 51.3. The van der Waals surface area contributed by atoms with Gasteiger partial charge in [-0.2, -0.15) is 0 Å². The van der Waals surface area contributed by atoms with Crippen LogP contribution in [0.3, 0.4) is 0 Å². The van der Waals surface area contributed by atoms with Gasteiger partial charge in [0.2, 0.25) is 5.91 Å². The second kappa shape index (κ2) is 43.0. The summed E-state index contributed by atoms with van der Waals surface area (Å²) in [7, 11) is 0. The minimum Gasteiger partial charge on any atom is -0.394 e. The molecule has 0 radical (unpaired) electrons. The van der Waals surface area contributed by atoms with Crippen LogP contribution in [0.25, 0.3) is 0 Å². The van der Waals surface area contributed by atoms with E-state index < -0.39 is 18.2 Å². The van der Waals surface area contributed by atoms with Gasteiger partial charge in [-0.05, 0) is 77.0 Å². The van der Waals surface area contributed by atoms with E-state index in [0.717, 1.165) is 57.8 Å². The van der Waals surface area contributed by atoms with Gasteiger partial charge in [0.1, 0.15) is 6.10 Å². The lowest BCUT2D eigenvalue weighted by atomic mass is 10.0. The zero-order chi connectivity index (χ0) is 38.7. The molecule has 3 unspecified atom stereocenters. The number of carbonyl (C=O) groups is 1. The molecule has 0 spiro atoms. The van der Waals surface area contributed by atoms with Gasteiger partial charge < -0.3 is 20.6 Å². The van der Waals surface area contributed by atoms with Crippen molar-refractivity contribution in [3.63, 3.8) is 0 Å². The van der Waals surface area contributed by atoms with Gasteiger partial charge in [0.25, 0.3) is 0 Å². The van der Waals surface area contributed by atoms with E-state index in [9.17, 15) is 20.1 Å². The summed E-state index contributed by atoms with van der Waals surface area (Å²) in [4.78, 5) is 12.4. The zero-order valence-electron chi connectivity index (χ0n) is 35.1. The Kier molecular flexibility index (Phi) is 41.7. The van der Waals surface area contributed by atoms with Crippen LogP contribution in [-0.4, -0.2) is 46.1 Å². The molecule has 0 aromatic carbocycles. The fraction of sp³-hybridized carbons (Fsp3) is 0.812. The highest BCUT2D eigenvalue weighted by Crippen LogP contribution is 2.15. The molecule has 4 N–H and O–H groups in total. The van der Waals surface area contributed by atoms with Crippen molar-refractivity contribution in [2.45, 2.75) is 244 Å². The van der Waals surface area contributed by atoms with Gasteiger partial charge in [0, 0.05) is 6.42 Å². The number of hydrogen-bond donors (Lipinski definition) is 4.